The summed E-state index contributed by atoms with van der Waals surface area (Å²) in [6.45, 7) is 5.41. The number of carbonyl (C=O) groups is 1. The maximum absolute atomic E-state index is 12.9. The van der Waals surface area contributed by atoms with Gasteiger partial charge in [-0.3, -0.25) is 14.7 Å². The van der Waals surface area contributed by atoms with Crippen LogP contribution in [-0.4, -0.2) is 60.5 Å². The first kappa shape index (κ1) is 23.0. The van der Waals surface area contributed by atoms with Crippen LogP contribution in [0.2, 0.25) is 0 Å². The SMILES string of the molecule is CN1CCN(CC(NC(=O)Cc2ccc(OCc3ccccn3)cc2)c2ccccc2)CC1. The molecule has 0 bridgehead atoms. The molecule has 1 fully saturated rings. The van der Waals surface area contributed by atoms with Crippen molar-refractivity contribution in [3.05, 3.63) is 95.8 Å². The van der Waals surface area contributed by atoms with E-state index in [1.165, 1.54) is 0 Å². The van der Waals surface area contributed by atoms with Gasteiger partial charge in [-0.05, 0) is 42.4 Å². The van der Waals surface area contributed by atoms with Crippen molar-refractivity contribution in [3.63, 3.8) is 0 Å². The van der Waals surface area contributed by atoms with E-state index in [2.05, 4.69) is 39.3 Å². The summed E-state index contributed by atoms with van der Waals surface area (Å²) in [6.07, 6.45) is 2.10. The van der Waals surface area contributed by atoms with Gasteiger partial charge in [0.2, 0.25) is 5.91 Å². The Morgan fingerprint density at radius 3 is 2.39 bits per heavy atom. The molecule has 0 aliphatic carbocycles. The van der Waals surface area contributed by atoms with E-state index < -0.39 is 0 Å². The van der Waals surface area contributed by atoms with Gasteiger partial charge in [0.1, 0.15) is 12.4 Å². The largest absolute Gasteiger partial charge is 0.487 e. The Kier molecular flexibility index (Phi) is 8.06. The molecule has 6 heteroatoms. The average molecular weight is 445 g/mol. The van der Waals surface area contributed by atoms with Crippen LogP contribution in [-0.2, 0) is 17.8 Å². The Hall–Kier alpha value is -3.22. The zero-order chi connectivity index (χ0) is 22.9. The van der Waals surface area contributed by atoms with Gasteiger partial charge in [-0.1, -0.05) is 48.5 Å². The van der Waals surface area contributed by atoms with E-state index >= 15 is 0 Å². The van der Waals surface area contributed by atoms with E-state index in [9.17, 15) is 4.79 Å². The normalized spacial score (nSPS) is 15.7. The van der Waals surface area contributed by atoms with Crippen molar-refractivity contribution in [1.82, 2.24) is 20.1 Å². The van der Waals surface area contributed by atoms with Gasteiger partial charge in [-0.15, -0.1) is 0 Å². The van der Waals surface area contributed by atoms with Crippen LogP contribution in [0, 0.1) is 0 Å². The highest BCUT2D eigenvalue weighted by molar-refractivity contribution is 5.79. The molecule has 1 N–H and O–H groups in total. The minimum absolute atomic E-state index is 0.0249. The fourth-order valence-electron chi connectivity index (χ4n) is 3.98. The fourth-order valence-corrected chi connectivity index (χ4v) is 3.98. The summed E-state index contributed by atoms with van der Waals surface area (Å²) >= 11 is 0. The third-order valence-corrected chi connectivity index (χ3v) is 5.97. The first-order valence-electron chi connectivity index (χ1n) is 11.5. The average Bonchev–Trinajstić information content (AvgIpc) is 2.86. The molecule has 1 aromatic heterocycles. The van der Waals surface area contributed by atoms with Crippen LogP contribution >= 0.6 is 0 Å². The summed E-state index contributed by atoms with van der Waals surface area (Å²) in [7, 11) is 2.16. The Morgan fingerprint density at radius 1 is 0.970 bits per heavy atom. The summed E-state index contributed by atoms with van der Waals surface area (Å²) in [6, 6.07) is 23.7. The lowest BCUT2D eigenvalue weighted by Gasteiger charge is -2.35. The van der Waals surface area contributed by atoms with E-state index in [1.807, 2.05) is 60.7 Å². The van der Waals surface area contributed by atoms with Gasteiger partial charge in [-0.2, -0.15) is 0 Å². The van der Waals surface area contributed by atoms with E-state index in [-0.39, 0.29) is 11.9 Å². The second-order valence-corrected chi connectivity index (χ2v) is 8.57. The van der Waals surface area contributed by atoms with Crippen LogP contribution in [0.3, 0.4) is 0 Å². The molecule has 0 saturated carbocycles. The zero-order valence-electron chi connectivity index (χ0n) is 19.2. The number of ether oxygens (including phenoxy) is 1. The summed E-state index contributed by atoms with van der Waals surface area (Å²) in [5, 5.41) is 3.27. The second-order valence-electron chi connectivity index (χ2n) is 8.57. The monoisotopic (exact) mass is 444 g/mol. The smallest absolute Gasteiger partial charge is 0.224 e. The summed E-state index contributed by atoms with van der Waals surface area (Å²) in [4.78, 5) is 22.0. The third-order valence-electron chi connectivity index (χ3n) is 5.97. The molecule has 2 heterocycles. The van der Waals surface area contributed by atoms with Gasteiger partial charge in [0.15, 0.2) is 0 Å². The highest BCUT2D eigenvalue weighted by Gasteiger charge is 2.21. The number of benzene rings is 2. The molecule has 1 atom stereocenters. The van der Waals surface area contributed by atoms with Gasteiger partial charge in [-0.25, -0.2) is 0 Å². The number of carbonyl (C=O) groups excluding carboxylic acids is 1. The van der Waals surface area contributed by atoms with Gasteiger partial charge in [0.25, 0.3) is 0 Å². The summed E-state index contributed by atoms with van der Waals surface area (Å²) < 4.78 is 5.79. The number of pyridine rings is 1. The lowest BCUT2D eigenvalue weighted by Crippen LogP contribution is -2.48. The van der Waals surface area contributed by atoms with E-state index in [0.29, 0.717) is 13.0 Å². The molecule has 2 aromatic carbocycles. The van der Waals surface area contributed by atoms with Crippen LogP contribution in [0.1, 0.15) is 22.9 Å². The second kappa shape index (κ2) is 11.6. The Balaban J connectivity index is 1.32. The molecule has 1 saturated heterocycles. The predicted octanol–water partition coefficient (Wildman–Crippen LogP) is 3.31. The fraction of sp³-hybridized carbons (Fsp3) is 0.333. The molecule has 4 rings (SSSR count). The van der Waals surface area contributed by atoms with E-state index in [0.717, 1.165) is 55.3 Å². The maximum Gasteiger partial charge on any atom is 0.224 e. The number of likely N-dealkylation sites (N-methyl/N-ethyl adjacent to an activating group) is 1. The number of hydrogen-bond donors (Lipinski definition) is 1. The number of nitrogens with zero attached hydrogens (tertiary/aromatic N) is 3. The van der Waals surface area contributed by atoms with Gasteiger partial charge in [0.05, 0.1) is 18.2 Å². The summed E-state index contributed by atoms with van der Waals surface area (Å²) in [5.74, 6) is 0.794. The van der Waals surface area contributed by atoms with Crippen molar-refractivity contribution in [3.8, 4) is 5.75 Å². The standard InChI is InChI=1S/C27H32N4O2/c1-30-15-17-31(18-16-30)20-26(23-7-3-2-4-8-23)29-27(32)19-22-10-12-25(13-11-22)33-21-24-9-5-6-14-28-24/h2-14,26H,15-21H2,1H3,(H,29,32). The number of nitrogens with one attached hydrogen (secondary N) is 1. The van der Waals surface area contributed by atoms with Crippen molar-refractivity contribution in [2.75, 3.05) is 39.8 Å². The molecular weight excluding hydrogens is 412 g/mol. The van der Waals surface area contributed by atoms with Crippen LogP contribution in [0.15, 0.2) is 79.0 Å². The molecule has 172 valence electrons. The van der Waals surface area contributed by atoms with Gasteiger partial charge < -0.3 is 15.0 Å². The number of hydrogen-bond acceptors (Lipinski definition) is 5. The molecule has 0 radical (unpaired) electrons. The quantitative estimate of drug-likeness (QED) is 0.549. The minimum Gasteiger partial charge on any atom is -0.487 e. The number of amides is 1. The lowest BCUT2D eigenvalue weighted by atomic mass is 10.0. The summed E-state index contributed by atoms with van der Waals surface area (Å²) in [5.41, 5.74) is 2.99. The molecule has 1 amide bonds. The molecule has 1 aliphatic rings. The predicted molar refractivity (Wildman–Crippen MR) is 130 cm³/mol. The van der Waals surface area contributed by atoms with Crippen molar-refractivity contribution in [2.24, 2.45) is 0 Å². The van der Waals surface area contributed by atoms with Crippen LogP contribution in [0.25, 0.3) is 0 Å². The van der Waals surface area contributed by atoms with Crippen molar-refractivity contribution >= 4 is 5.91 Å². The van der Waals surface area contributed by atoms with Crippen LogP contribution < -0.4 is 10.1 Å². The van der Waals surface area contributed by atoms with Crippen molar-refractivity contribution < 1.29 is 9.53 Å². The first-order valence-corrected chi connectivity index (χ1v) is 11.5. The van der Waals surface area contributed by atoms with Gasteiger partial charge >= 0.3 is 0 Å². The number of aromatic nitrogens is 1. The van der Waals surface area contributed by atoms with Crippen molar-refractivity contribution in [2.45, 2.75) is 19.1 Å². The molecular formula is C27H32N4O2. The molecule has 3 aromatic rings. The van der Waals surface area contributed by atoms with Crippen LogP contribution in [0.5, 0.6) is 5.75 Å². The number of piperazine rings is 1. The highest BCUT2D eigenvalue weighted by atomic mass is 16.5. The van der Waals surface area contributed by atoms with E-state index in [1.54, 1.807) is 6.20 Å². The van der Waals surface area contributed by atoms with Gasteiger partial charge in [0, 0.05) is 38.9 Å². The topological polar surface area (TPSA) is 57.7 Å². The third kappa shape index (κ3) is 7.14. The zero-order valence-corrected chi connectivity index (χ0v) is 19.2. The van der Waals surface area contributed by atoms with E-state index in [4.69, 9.17) is 4.74 Å². The Labute approximate surface area is 196 Å². The first-order chi connectivity index (χ1) is 16.2. The maximum atomic E-state index is 12.9. The molecule has 1 unspecified atom stereocenters. The minimum atomic E-state index is -0.0249. The Morgan fingerprint density at radius 2 is 1.70 bits per heavy atom. The van der Waals surface area contributed by atoms with Crippen molar-refractivity contribution in [1.29, 1.82) is 0 Å². The molecule has 6 nitrogen and oxygen atoms in total. The number of rotatable bonds is 9. The Bertz CT molecular complexity index is 988. The highest BCUT2D eigenvalue weighted by Crippen LogP contribution is 2.17. The molecule has 1 aliphatic heterocycles. The lowest BCUT2D eigenvalue weighted by molar-refractivity contribution is -0.121. The molecule has 0 spiro atoms. The molecule has 33 heavy (non-hydrogen) atoms. The van der Waals surface area contributed by atoms with Crippen LogP contribution in [0.4, 0.5) is 0 Å².